The van der Waals surface area contributed by atoms with Gasteiger partial charge in [0, 0.05) is 0 Å². The Labute approximate surface area is 52.4 Å². The van der Waals surface area contributed by atoms with Crippen molar-refractivity contribution in [3.05, 3.63) is 23.4 Å². The number of aromatic nitrogens is 3. The minimum atomic E-state index is 0.718. The lowest BCUT2D eigenvalue weighted by atomic mass is 10.5. The zero-order valence-corrected chi connectivity index (χ0v) is 4.96. The first-order chi connectivity index (χ1) is 4.34. The van der Waals surface area contributed by atoms with Crippen LogP contribution >= 0.6 is 0 Å². The smallest absolute Gasteiger partial charge is 0.112 e. The highest BCUT2D eigenvalue weighted by Crippen LogP contribution is 1.57. The second-order valence-electron chi connectivity index (χ2n) is 1.58. The van der Waals surface area contributed by atoms with Crippen LogP contribution in [-0.4, -0.2) is 15.4 Å². The van der Waals surface area contributed by atoms with Crippen molar-refractivity contribution in [2.45, 2.75) is 0 Å². The summed E-state index contributed by atoms with van der Waals surface area (Å²) in [6, 6.07) is 0. The van der Waals surface area contributed by atoms with Crippen LogP contribution < -0.4 is 10.7 Å². The van der Waals surface area contributed by atoms with Crippen molar-refractivity contribution < 1.29 is 0 Å². The molecule has 0 aliphatic carbocycles. The Morgan fingerprint density at radius 1 is 1.56 bits per heavy atom. The highest BCUT2D eigenvalue weighted by atomic mass is 15.3. The Hall–Kier alpha value is -1.38. The molecule has 0 aliphatic heterocycles. The monoisotopic (exact) mass is 121 g/mol. The molecule has 0 amide bonds. The third-order valence-electron chi connectivity index (χ3n) is 0.928. The van der Waals surface area contributed by atoms with Gasteiger partial charge in [0.05, 0.1) is 5.35 Å². The van der Waals surface area contributed by atoms with Crippen LogP contribution in [0.15, 0.2) is 12.7 Å². The maximum Gasteiger partial charge on any atom is 0.112 e. The summed E-state index contributed by atoms with van der Waals surface area (Å²) in [5.41, 5.74) is 0. The predicted octanol–water partition coefficient (Wildman–Crippen LogP) is -0.819. The fourth-order valence-corrected chi connectivity index (χ4v) is 0.502. The maximum absolute atomic E-state index is 3.71. The Kier molecular flexibility index (Phi) is 1.44. The summed E-state index contributed by atoms with van der Waals surface area (Å²) in [5, 5.41) is 11.3. The Morgan fingerprint density at radius 3 is 2.78 bits per heavy atom. The van der Waals surface area contributed by atoms with E-state index in [0.717, 1.165) is 10.7 Å². The molecule has 1 aromatic heterocycles. The predicted molar refractivity (Wildman–Crippen MR) is 35.8 cm³/mol. The van der Waals surface area contributed by atoms with Crippen LogP contribution in [0.25, 0.3) is 12.7 Å². The lowest BCUT2D eigenvalue weighted by molar-refractivity contribution is 0.926. The fraction of sp³-hybridized carbons (Fsp3) is 0. The normalized spacial score (nSPS) is 11.8. The molecular formula is C6H7N3. The molecule has 0 unspecified atom stereocenters. The number of hydrogen-bond acceptors (Lipinski definition) is 2. The van der Waals surface area contributed by atoms with Crippen LogP contribution in [0.2, 0.25) is 0 Å². The number of rotatable bonds is 1. The second kappa shape index (κ2) is 2.26. The van der Waals surface area contributed by atoms with Crippen molar-refractivity contribution in [2.75, 3.05) is 0 Å². The number of aromatic amines is 1. The lowest BCUT2D eigenvalue weighted by Crippen LogP contribution is -2.21. The molecule has 0 aliphatic rings. The van der Waals surface area contributed by atoms with Crippen LogP contribution in [0.5, 0.6) is 0 Å². The molecule has 1 heterocycles. The summed E-state index contributed by atoms with van der Waals surface area (Å²) < 4.78 is 0. The molecule has 3 heteroatoms. The van der Waals surface area contributed by atoms with Gasteiger partial charge in [0.15, 0.2) is 0 Å². The van der Waals surface area contributed by atoms with Crippen molar-refractivity contribution >= 4 is 12.7 Å². The van der Waals surface area contributed by atoms with Crippen LogP contribution in [0.4, 0.5) is 0 Å². The highest BCUT2D eigenvalue weighted by molar-refractivity contribution is 5.31. The van der Waals surface area contributed by atoms with Crippen LogP contribution in [0, 0.1) is 0 Å². The summed E-state index contributed by atoms with van der Waals surface area (Å²) >= 11 is 0. The number of nitrogens with zero attached hydrogens (tertiary/aromatic N) is 2. The molecule has 1 rings (SSSR count). The van der Waals surface area contributed by atoms with Gasteiger partial charge in [0.1, 0.15) is 5.35 Å². The summed E-state index contributed by atoms with van der Waals surface area (Å²) in [4.78, 5) is 0. The SMILES string of the molecule is C=C/C=c1/nn[nH]c1=C. The van der Waals surface area contributed by atoms with Crippen molar-refractivity contribution in [2.24, 2.45) is 0 Å². The quantitative estimate of drug-likeness (QED) is 0.527. The molecule has 0 saturated heterocycles. The van der Waals surface area contributed by atoms with Crippen LogP contribution in [-0.2, 0) is 0 Å². The van der Waals surface area contributed by atoms with E-state index in [4.69, 9.17) is 0 Å². The van der Waals surface area contributed by atoms with Gasteiger partial charge >= 0.3 is 0 Å². The molecule has 0 atom stereocenters. The average Bonchev–Trinajstić information content (AvgIpc) is 2.18. The van der Waals surface area contributed by atoms with E-state index in [1.807, 2.05) is 0 Å². The Morgan fingerprint density at radius 2 is 2.33 bits per heavy atom. The highest BCUT2D eigenvalue weighted by Gasteiger charge is 1.79. The summed E-state index contributed by atoms with van der Waals surface area (Å²) in [7, 11) is 0. The molecule has 0 saturated carbocycles. The Bertz CT molecular complexity index is 296. The molecule has 0 spiro atoms. The molecular weight excluding hydrogens is 114 g/mol. The molecule has 46 valence electrons. The van der Waals surface area contributed by atoms with Gasteiger partial charge in [-0.25, -0.2) is 0 Å². The summed E-state index contributed by atoms with van der Waals surface area (Å²) in [5.74, 6) is 0. The summed E-state index contributed by atoms with van der Waals surface area (Å²) in [6.07, 6.45) is 3.39. The van der Waals surface area contributed by atoms with Crippen molar-refractivity contribution in [1.82, 2.24) is 15.4 Å². The van der Waals surface area contributed by atoms with Gasteiger partial charge in [-0.1, -0.05) is 24.4 Å². The van der Waals surface area contributed by atoms with Crippen LogP contribution in [0.1, 0.15) is 0 Å². The standard InChI is InChI=1S/C6H7N3/c1-3-4-6-5(2)7-9-8-6/h3-4H,1-2H2,(H,7,8)/b6-4+. The fourth-order valence-electron chi connectivity index (χ4n) is 0.502. The van der Waals surface area contributed by atoms with Gasteiger partial charge in [-0.05, 0) is 6.08 Å². The zero-order valence-electron chi connectivity index (χ0n) is 4.96. The molecule has 1 aromatic rings. The molecule has 9 heavy (non-hydrogen) atoms. The molecule has 0 radical (unpaired) electrons. The van der Waals surface area contributed by atoms with E-state index in [1.54, 1.807) is 12.2 Å². The first-order valence-electron chi connectivity index (χ1n) is 2.53. The number of allylic oxidation sites excluding steroid dienone is 1. The third kappa shape index (κ3) is 1.05. The van der Waals surface area contributed by atoms with Gasteiger partial charge in [-0.2, -0.15) is 0 Å². The van der Waals surface area contributed by atoms with E-state index in [1.165, 1.54) is 0 Å². The van der Waals surface area contributed by atoms with Crippen LogP contribution in [0.3, 0.4) is 0 Å². The third-order valence-corrected chi connectivity index (χ3v) is 0.928. The van der Waals surface area contributed by atoms with Crippen molar-refractivity contribution in [3.63, 3.8) is 0 Å². The van der Waals surface area contributed by atoms with E-state index in [0.29, 0.717) is 0 Å². The van der Waals surface area contributed by atoms with E-state index >= 15 is 0 Å². The first kappa shape index (κ1) is 5.75. The van der Waals surface area contributed by atoms with E-state index in [-0.39, 0.29) is 0 Å². The molecule has 0 aromatic carbocycles. The maximum atomic E-state index is 3.71. The van der Waals surface area contributed by atoms with Gasteiger partial charge in [-0.15, -0.1) is 5.10 Å². The second-order valence-corrected chi connectivity index (χ2v) is 1.58. The van der Waals surface area contributed by atoms with Crippen molar-refractivity contribution in [3.8, 4) is 0 Å². The van der Waals surface area contributed by atoms with Gasteiger partial charge in [0.2, 0.25) is 0 Å². The topological polar surface area (TPSA) is 41.6 Å². The average molecular weight is 121 g/mol. The zero-order chi connectivity index (χ0) is 6.69. The Balaban J connectivity index is 3.39. The largest absolute Gasteiger partial charge is 0.258 e. The first-order valence-corrected chi connectivity index (χ1v) is 2.53. The minimum absolute atomic E-state index is 0.718. The van der Waals surface area contributed by atoms with Gasteiger partial charge < -0.3 is 0 Å². The number of hydrogen-bond donors (Lipinski definition) is 1. The van der Waals surface area contributed by atoms with Gasteiger partial charge in [0.25, 0.3) is 0 Å². The van der Waals surface area contributed by atoms with E-state index in [9.17, 15) is 0 Å². The van der Waals surface area contributed by atoms with E-state index < -0.39 is 0 Å². The minimum Gasteiger partial charge on any atom is -0.258 e. The number of H-pyrrole nitrogens is 1. The lowest BCUT2D eigenvalue weighted by Gasteiger charge is -1.65. The summed E-state index contributed by atoms with van der Waals surface area (Å²) in [6.45, 7) is 7.15. The molecule has 1 N–H and O–H groups in total. The molecule has 3 nitrogen and oxygen atoms in total. The van der Waals surface area contributed by atoms with E-state index in [2.05, 4.69) is 28.6 Å². The number of nitrogens with one attached hydrogen (secondary N) is 1. The van der Waals surface area contributed by atoms with Crippen molar-refractivity contribution in [1.29, 1.82) is 0 Å². The van der Waals surface area contributed by atoms with Gasteiger partial charge in [-0.3, -0.25) is 5.10 Å². The molecule has 0 bridgehead atoms. The molecule has 0 fully saturated rings.